The molecular weight excluding hydrogens is 1640 g/mol. The van der Waals surface area contributed by atoms with Gasteiger partial charge in [-0.25, -0.2) is 70.7 Å². The van der Waals surface area contributed by atoms with Gasteiger partial charge in [0.1, 0.15) is 82.4 Å². The van der Waals surface area contributed by atoms with Gasteiger partial charge in [-0.05, 0) is 122 Å². The van der Waals surface area contributed by atoms with Crippen molar-refractivity contribution in [1.82, 2.24) is 68.9 Å². The second-order valence-electron chi connectivity index (χ2n) is 28.2. The van der Waals surface area contributed by atoms with Crippen molar-refractivity contribution in [2.45, 2.75) is 116 Å². The predicted octanol–water partition coefficient (Wildman–Crippen LogP) is 14.2. The fourth-order valence-electron chi connectivity index (χ4n) is 15.5. The van der Waals surface area contributed by atoms with Gasteiger partial charge in [-0.3, -0.25) is 56.5 Å². The molecule has 0 radical (unpaired) electrons. The van der Waals surface area contributed by atoms with Gasteiger partial charge in [-0.2, -0.15) is 38.0 Å². The number of halogens is 16. The van der Waals surface area contributed by atoms with Crippen LogP contribution in [0.1, 0.15) is 132 Å². The maximum absolute atomic E-state index is 15.4. The highest BCUT2D eigenvalue weighted by Gasteiger charge is 2.68. The van der Waals surface area contributed by atoms with Crippen LogP contribution < -0.4 is 31.2 Å². The zero-order chi connectivity index (χ0) is 82.1. The van der Waals surface area contributed by atoms with Gasteiger partial charge in [-0.15, -0.1) is 0 Å². The van der Waals surface area contributed by atoms with Gasteiger partial charge in [0.2, 0.25) is 31.9 Å². The van der Waals surface area contributed by atoms with Crippen molar-refractivity contribution < 1.29 is 87.9 Å². The average Bonchev–Trinajstić information content (AvgIpc) is 1.52. The summed E-state index contributed by atoms with van der Waals surface area (Å²) in [6.45, 7) is 0.637. The zero-order valence-electron chi connectivity index (χ0n) is 59.4. The van der Waals surface area contributed by atoms with Gasteiger partial charge >= 0.3 is 0 Å². The van der Waals surface area contributed by atoms with E-state index < -0.39 is 187 Å². The first kappa shape index (κ1) is 83.0. The van der Waals surface area contributed by atoms with Crippen LogP contribution in [-0.4, -0.2) is 99.4 Å². The highest BCUT2D eigenvalue weighted by Crippen LogP contribution is 2.69. The number of benzene rings is 6. The summed E-state index contributed by atoms with van der Waals surface area (Å²) in [7, 11) is -5.01. The molecule has 4 aliphatic carbocycles. The molecule has 2 saturated carbocycles. The predicted molar refractivity (Wildman–Crippen MR) is 399 cm³/mol. The van der Waals surface area contributed by atoms with Crippen LogP contribution in [0.5, 0.6) is 0 Å². The van der Waals surface area contributed by atoms with Crippen LogP contribution in [0, 0.1) is 60.6 Å². The van der Waals surface area contributed by atoms with Crippen LogP contribution in [0.2, 0.25) is 10.0 Å². The normalized spacial score (nSPS) is 17.3. The Kier molecular flexibility index (Phi) is 21.2. The second kappa shape index (κ2) is 29.6. The Morgan fingerprint density at radius 3 is 1.21 bits per heavy atom. The molecule has 24 nitrogen and oxygen atoms in total. The number of hydrogen-bond donors (Lipinski definition) is 4. The third-order valence-corrected chi connectivity index (χ3v) is 22.1. The lowest BCUT2D eigenvalue weighted by molar-refractivity contribution is -0.123. The van der Waals surface area contributed by atoms with Crippen LogP contribution in [0.4, 0.5) is 73.1 Å². The van der Waals surface area contributed by atoms with E-state index in [2.05, 4.69) is 50.4 Å². The number of carbonyl (C=O) groups excluding carboxylic acids is 2. The van der Waals surface area contributed by atoms with Crippen LogP contribution in [0.3, 0.4) is 0 Å². The van der Waals surface area contributed by atoms with E-state index in [1.165, 1.54) is 73.7 Å². The van der Waals surface area contributed by atoms with E-state index in [1.54, 1.807) is 0 Å². The summed E-state index contributed by atoms with van der Waals surface area (Å²) in [5.74, 6) is -20.2. The number of anilines is 2. The average molecular weight is 1710 g/mol. The summed E-state index contributed by atoms with van der Waals surface area (Å²) in [5, 5.41) is 20.8. The Labute approximate surface area is 657 Å². The minimum absolute atomic E-state index is 0. The summed E-state index contributed by atoms with van der Waals surface area (Å²) < 4.78 is 265. The molecule has 0 saturated heterocycles. The molecule has 2 amide bonds. The Morgan fingerprint density at radius 1 is 0.534 bits per heavy atom. The van der Waals surface area contributed by atoms with Crippen molar-refractivity contribution >= 4 is 110 Å². The third kappa shape index (κ3) is 14.6. The number of fused-ring (bicyclic) bond motifs is 10. The van der Waals surface area contributed by atoms with Crippen LogP contribution in [-0.2, 0) is 81.5 Å². The molecule has 0 bridgehead atoms. The maximum Gasteiger partial charge on any atom is 0.293 e. The maximum atomic E-state index is 15.4. The first-order valence-corrected chi connectivity index (χ1v) is 38.8. The van der Waals surface area contributed by atoms with E-state index in [1.807, 2.05) is 0 Å². The molecule has 4 N–H and O–H groups in total. The Bertz CT molecular complexity index is 6110. The zero-order valence-corrected chi connectivity index (χ0v) is 62.6. The first-order valence-electron chi connectivity index (χ1n) is 34.2. The molecule has 1 unspecified atom stereocenters. The highest BCUT2D eigenvalue weighted by atomic mass is 35.5. The van der Waals surface area contributed by atoms with E-state index >= 15 is 26.3 Å². The van der Waals surface area contributed by atoms with Gasteiger partial charge in [0.25, 0.3) is 35.8 Å². The van der Waals surface area contributed by atoms with Gasteiger partial charge in [0, 0.05) is 73.2 Å². The standard InChI is InChI=1S/2C36H28ClF7N8O4S.2CH4/c2*1-14-22(40)6-4-18-28(14)46-34(52(35(18)54)24-7-5-21(37)27-30(24)50(2)48-33(27)49-57(3,55)56)23(10-15-8-16(38)11-17(39)9-15)45-25(53)13-51-31-26(29(47-51)32(41)42)19-12-20(19)36(31,43)44;;/h2*4-9,11,19-20,23,32H,10,12-13H2,1-3H3,(H,45,53)(H,48,49);2*1H4/t19-,20+,23?;19-,20+,23-;;/m00../s1. The van der Waals surface area contributed by atoms with E-state index in [-0.39, 0.29) is 149 Å². The monoisotopic (exact) mass is 1700 g/mol. The van der Waals surface area contributed by atoms with Crippen LogP contribution in [0.15, 0.2) is 94.5 Å². The molecule has 12 aromatic rings. The smallest absolute Gasteiger partial charge is 0.293 e. The number of nitrogens with one attached hydrogen (secondary N) is 4. The second-order valence-corrected chi connectivity index (χ2v) is 32.5. The molecule has 6 aromatic carbocycles. The first-order chi connectivity index (χ1) is 53.5. The lowest BCUT2D eigenvalue weighted by Gasteiger charge is -2.24. The largest absolute Gasteiger partial charge is 0.344 e. The third-order valence-electron chi connectivity index (χ3n) is 20.3. The van der Waals surface area contributed by atoms with Crippen molar-refractivity contribution in [1.29, 1.82) is 0 Å². The minimum atomic E-state index is -3.92. The van der Waals surface area contributed by atoms with E-state index in [4.69, 9.17) is 23.2 Å². The molecule has 612 valence electrons. The summed E-state index contributed by atoms with van der Waals surface area (Å²) in [4.78, 5) is 66.5. The molecule has 116 heavy (non-hydrogen) atoms. The number of rotatable bonds is 20. The summed E-state index contributed by atoms with van der Waals surface area (Å²) in [6, 6.07) is 11.5. The SMILES string of the molecule is C.C.Cc1c(F)ccc2c(=O)n(-c3ccc(Cl)c4c(NS(C)(=O)=O)nn(C)c34)c(C(Cc3cc(F)cc(F)c3)NC(=O)Cn3nc(C(F)F)c4c3C(F)(F)[C@@H]3C[C@H]43)nc12.Cc1c(F)ccc2c(=O)n(-c3ccc(Cl)c4c(NS(C)(=O)=O)nn(C)c34)c([C@H](Cc3cc(F)cc(F)c3)NC(=O)Cn3nc(C(F)F)c4c3C(F)(F)[C@@H]3C[C@H]43)nc12. The Balaban J connectivity index is 0.000000198. The summed E-state index contributed by atoms with van der Waals surface area (Å²) >= 11 is 13.1. The lowest BCUT2D eigenvalue weighted by Crippen LogP contribution is -2.38. The molecule has 42 heteroatoms. The minimum Gasteiger partial charge on any atom is -0.344 e. The Morgan fingerprint density at radius 2 is 0.879 bits per heavy atom. The van der Waals surface area contributed by atoms with Crippen molar-refractivity contribution in [3.63, 3.8) is 0 Å². The molecule has 0 aliphatic heterocycles. The van der Waals surface area contributed by atoms with Crippen molar-refractivity contribution in [3.8, 4) is 11.4 Å². The molecule has 6 atom stereocenters. The molecular formula is C74H64Cl2F14N16O8S2. The van der Waals surface area contributed by atoms with Gasteiger partial charge in [-0.1, -0.05) is 38.1 Å². The van der Waals surface area contributed by atoms with Crippen molar-refractivity contribution in [2.24, 2.45) is 25.9 Å². The molecule has 6 aromatic heterocycles. The number of amides is 2. The fraction of sp³-hybridized carbons (Fsp3) is 0.324. The molecule has 0 spiro atoms. The quantitative estimate of drug-likeness (QED) is 0.0516. The lowest BCUT2D eigenvalue weighted by atomic mass is 10.0. The number of aryl methyl sites for hydroxylation is 4. The fourth-order valence-corrected chi connectivity index (χ4v) is 17.0. The van der Waals surface area contributed by atoms with Crippen molar-refractivity contribution in [3.05, 3.63) is 218 Å². The van der Waals surface area contributed by atoms with E-state index in [0.29, 0.717) is 21.5 Å². The molecule has 6 heterocycles. The number of nitrogens with zero attached hydrogens (tertiary/aromatic N) is 12. The number of alkyl halides is 8. The number of carbonyl (C=O) groups is 2. The summed E-state index contributed by atoms with van der Waals surface area (Å²) in [5.41, 5.74) is -6.34. The molecule has 4 aliphatic rings. The van der Waals surface area contributed by atoms with Crippen LogP contribution in [0.25, 0.3) is 55.0 Å². The summed E-state index contributed by atoms with van der Waals surface area (Å²) in [6.07, 6.45) is -5.76. The van der Waals surface area contributed by atoms with E-state index in [0.717, 1.165) is 58.0 Å². The highest BCUT2D eigenvalue weighted by molar-refractivity contribution is 7.92. The van der Waals surface area contributed by atoms with Gasteiger partial charge < -0.3 is 10.6 Å². The molecule has 16 rings (SSSR count). The number of sulfonamides is 2. The van der Waals surface area contributed by atoms with Crippen molar-refractivity contribution in [2.75, 3.05) is 22.0 Å². The topological polar surface area (TPSA) is 292 Å². The number of aromatic nitrogens is 12. The Hall–Kier alpha value is -11.0. The number of hydrogen-bond acceptors (Lipinski definition) is 14. The van der Waals surface area contributed by atoms with Gasteiger partial charge in [0.15, 0.2) is 11.6 Å². The van der Waals surface area contributed by atoms with E-state index in [9.17, 15) is 71.1 Å². The van der Waals surface area contributed by atoms with Crippen LogP contribution >= 0.6 is 23.2 Å². The molecule has 2 fully saturated rings. The van der Waals surface area contributed by atoms with Gasteiger partial charge in [0.05, 0.1) is 89.6 Å².